The van der Waals surface area contributed by atoms with Gasteiger partial charge in [-0.05, 0) is 40.7 Å². The number of carbonyl (C=O) groups excluding carboxylic acids is 2. The highest BCUT2D eigenvalue weighted by Crippen LogP contribution is 2.17. The molecule has 0 bridgehead atoms. The molecule has 0 rings (SSSR count). The lowest BCUT2D eigenvalue weighted by atomic mass is 10.3. The predicted octanol–water partition coefficient (Wildman–Crippen LogP) is 2.46. The molecule has 0 aromatic rings. The van der Waals surface area contributed by atoms with Crippen molar-refractivity contribution >= 4 is 20.7 Å². The molecule has 0 aliphatic carbocycles. The average Bonchev–Trinajstić information content (AvgIpc) is 2.64. The van der Waals surface area contributed by atoms with Gasteiger partial charge in [-0.3, -0.25) is 4.79 Å². The summed E-state index contributed by atoms with van der Waals surface area (Å²) in [4.78, 5) is 22.8. The van der Waals surface area contributed by atoms with E-state index in [1.54, 1.807) is 6.92 Å². The van der Waals surface area contributed by atoms with E-state index in [1.165, 1.54) is 0 Å². The van der Waals surface area contributed by atoms with Gasteiger partial charge in [0.15, 0.2) is 0 Å². The van der Waals surface area contributed by atoms with E-state index >= 15 is 0 Å². The summed E-state index contributed by atoms with van der Waals surface area (Å²) in [5.74, 6) is -0.707. The molecule has 28 heavy (non-hydrogen) atoms. The molecule has 0 aromatic carbocycles. The fraction of sp³-hybridized carbons (Fsp3) is 0.789. The molecular weight excluding hydrogens is 382 g/mol. The molecule has 164 valence electrons. The molecule has 0 saturated carbocycles. The zero-order chi connectivity index (χ0) is 21.3. The first-order valence-corrected chi connectivity index (χ1v) is 11.9. The lowest BCUT2D eigenvalue weighted by molar-refractivity contribution is -0.144. The summed E-state index contributed by atoms with van der Waals surface area (Å²) in [6, 6.07) is 0.739. The van der Waals surface area contributed by atoms with E-state index in [-0.39, 0.29) is 25.6 Å². The van der Waals surface area contributed by atoms with Crippen molar-refractivity contribution < 1.29 is 32.3 Å². The minimum absolute atomic E-state index is 0.211. The van der Waals surface area contributed by atoms with Gasteiger partial charge in [0.05, 0.1) is 19.6 Å². The Hall–Kier alpha value is -1.26. The molecular formula is C19H37NO7Si. The zero-order valence-corrected chi connectivity index (χ0v) is 18.8. The van der Waals surface area contributed by atoms with Gasteiger partial charge in [0.2, 0.25) is 0 Å². The normalized spacial score (nSPS) is 11.3. The van der Waals surface area contributed by atoms with E-state index < -0.39 is 14.8 Å². The maximum Gasteiger partial charge on any atom is 0.500 e. The monoisotopic (exact) mass is 419 g/mol. The van der Waals surface area contributed by atoms with Crippen LogP contribution in [-0.2, 0) is 32.3 Å². The van der Waals surface area contributed by atoms with Gasteiger partial charge in [0, 0.05) is 44.4 Å². The van der Waals surface area contributed by atoms with Gasteiger partial charge in [0.1, 0.15) is 0 Å². The van der Waals surface area contributed by atoms with E-state index in [0.717, 1.165) is 19.0 Å². The van der Waals surface area contributed by atoms with Gasteiger partial charge >= 0.3 is 20.7 Å². The Morgan fingerprint density at radius 1 is 0.893 bits per heavy atom. The van der Waals surface area contributed by atoms with Crippen LogP contribution in [0.15, 0.2) is 12.2 Å². The molecule has 0 aromatic heterocycles. The summed E-state index contributed by atoms with van der Waals surface area (Å²) in [5.41, 5.74) is 0.353. The number of hydrogen-bond acceptors (Lipinski definition) is 8. The first-order chi connectivity index (χ1) is 13.4. The highest BCUT2D eigenvalue weighted by atomic mass is 28.4. The van der Waals surface area contributed by atoms with E-state index in [1.807, 2.05) is 20.8 Å². The van der Waals surface area contributed by atoms with Gasteiger partial charge in [-0.1, -0.05) is 6.58 Å². The summed E-state index contributed by atoms with van der Waals surface area (Å²) in [7, 11) is -2.59. The molecule has 0 fully saturated rings. The molecule has 0 spiro atoms. The Labute approximate surface area is 170 Å². The number of esters is 2. The number of rotatable bonds is 18. The predicted molar refractivity (Wildman–Crippen MR) is 109 cm³/mol. The van der Waals surface area contributed by atoms with Gasteiger partial charge < -0.3 is 28.1 Å². The van der Waals surface area contributed by atoms with Crippen molar-refractivity contribution in [1.82, 2.24) is 5.32 Å². The van der Waals surface area contributed by atoms with E-state index in [9.17, 15) is 9.59 Å². The molecule has 0 atom stereocenters. The maximum absolute atomic E-state index is 11.7. The zero-order valence-electron chi connectivity index (χ0n) is 17.8. The van der Waals surface area contributed by atoms with Crippen LogP contribution in [0.4, 0.5) is 0 Å². The summed E-state index contributed by atoms with van der Waals surface area (Å²) in [6.45, 7) is 14.3. The van der Waals surface area contributed by atoms with Crippen molar-refractivity contribution in [3.8, 4) is 0 Å². The van der Waals surface area contributed by atoms with Gasteiger partial charge in [0.25, 0.3) is 0 Å². The third-order valence-electron chi connectivity index (χ3n) is 3.57. The second-order valence-electron chi connectivity index (χ2n) is 6.08. The smallest absolute Gasteiger partial charge is 0.466 e. The minimum Gasteiger partial charge on any atom is -0.466 e. The number of hydrogen-bond donors (Lipinski definition) is 1. The second kappa shape index (κ2) is 16.7. The number of ether oxygens (including phenoxy) is 2. The summed E-state index contributed by atoms with van der Waals surface area (Å²) >= 11 is 0. The van der Waals surface area contributed by atoms with Crippen LogP contribution in [-0.4, -0.2) is 66.9 Å². The third kappa shape index (κ3) is 13.0. The topological polar surface area (TPSA) is 92.3 Å². The molecule has 9 heteroatoms. The van der Waals surface area contributed by atoms with Crippen molar-refractivity contribution in [2.45, 2.75) is 53.0 Å². The Kier molecular flexibility index (Phi) is 15.9. The Morgan fingerprint density at radius 2 is 1.46 bits per heavy atom. The van der Waals surface area contributed by atoms with E-state index in [4.69, 9.17) is 22.8 Å². The summed E-state index contributed by atoms with van der Waals surface area (Å²) in [6.07, 6.45) is 1.60. The highest BCUT2D eigenvalue weighted by Gasteiger charge is 2.39. The first-order valence-electron chi connectivity index (χ1n) is 10.0. The van der Waals surface area contributed by atoms with Crippen LogP contribution in [0.25, 0.3) is 0 Å². The lowest BCUT2D eigenvalue weighted by Crippen LogP contribution is -2.46. The Morgan fingerprint density at radius 3 is 2.00 bits per heavy atom. The lowest BCUT2D eigenvalue weighted by Gasteiger charge is -2.28. The van der Waals surface area contributed by atoms with Gasteiger partial charge in [-0.15, -0.1) is 0 Å². The SMILES string of the molecule is C=C(C)C(=O)OCCCOC(=O)CCNCCC[Si](OCC)(OCC)OCC. The summed E-state index contributed by atoms with van der Waals surface area (Å²) < 4.78 is 27.4. The Balaban J connectivity index is 3.81. The van der Waals surface area contributed by atoms with Crippen LogP contribution in [0.5, 0.6) is 0 Å². The van der Waals surface area contributed by atoms with Crippen molar-refractivity contribution in [2.75, 3.05) is 46.1 Å². The summed E-state index contributed by atoms with van der Waals surface area (Å²) in [5, 5.41) is 3.22. The molecule has 0 amide bonds. The van der Waals surface area contributed by atoms with Crippen LogP contribution in [0, 0.1) is 0 Å². The van der Waals surface area contributed by atoms with Crippen LogP contribution in [0.1, 0.15) is 47.0 Å². The number of nitrogens with one attached hydrogen (secondary N) is 1. The molecule has 0 heterocycles. The van der Waals surface area contributed by atoms with Gasteiger partial charge in [-0.25, -0.2) is 4.79 Å². The molecule has 0 aliphatic heterocycles. The average molecular weight is 420 g/mol. The van der Waals surface area contributed by atoms with Crippen LogP contribution >= 0.6 is 0 Å². The van der Waals surface area contributed by atoms with Gasteiger partial charge in [-0.2, -0.15) is 0 Å². The Bertz CT molecular complexity index is 443. The second-order valence-corrected chi connectivity index (χ2v) is 8.81. The fourth-order valence-corrected chi connectivity index (χ4v) is 4.96. The first kappa shape index (κ1) is 26.7. The van der Waals surface area contributed by atoms with Crippen LogP contribution in [0.2, 0.25) is 6.04 Å². The highest BCUT2D eigenvalue weighted by molar-refractivity contribution is 6.60. The van der Waals surface area contributed by atoms with E-state index in [2.05, 4.69) is 11.9 Å². The third-order valence-corrected chi connectivity index (χ3v) is 6.72. The molecule has 1 N–H and O–H groups in total. The van der Waals surface area contributed by atoms with Crippen molar-refractivity contribution in [2.24, 2.45) is 0 Å². The number of carbonyl (C=O) groups is 2. The molecule has 0 unspecified atom stereocenters. The molecule has 8 nitrogen and oxygen atoms in total. The fourth-order valence-electron chi connectivity index (χ4n) is 2.35. The van der Waals surface area contributed by atoms with Crippen molar-refractivity contribution in [3.63, 3.8) is 0 Å². The van der Waals surface area contributed by atoms with E-state index in [0.29, 0.717) is 38.4 Å². The quantitative estimate of drug-likeness (QED) is 0.157. The standard InChI is InChI=1S/C19H37NO7Si/c1-6-25-28(26-7-2,27-8-3)16-9-12-20-13-11-18(21)23-14-10-15-24-19(22)17(4)5/h20H,4,6-16H2,1-3,5H3. The van der Waals surface area contributed by atoms with Crippen LogP contribution in [0.3, 0.4) is 0 Å². The molecule has 0 radical (unpaired) electrons. The van der Waals surface area contributed by atoms with Crippen molar-refractivity contribution in [1.29, 1.82) is 0 Å². The largest absolute Gasteiger partial charge is 0.500 e. The molecule has 0 saturated heterocycles. The minimum atomic E-state index is -2.59. The van der Waals surface area contributed by atoms with Crippen LogP contribution < -0.4 is 5.32 Å². The van der Waals surface area contributed by atoms with Crippen molar-refractivity contribution in [3.05, 3.63) is 12.2 Å². The molecule has 0 aliphatic rings. The maximum atomic E-state index is 11.7.